The molecule has 0 atom stereocenters. The molecule has 3 heterocycles. The zero-order valence-corrected chi connectivity index (χ0v) is 17.4. The average Bonchev–Trinajstić information content (AvgIpc) is 3.11. The number of halogens is 1. The Morgan fingerprint density at radius 1 is 1.18 bits per heavy atom. The Bertz CT molecular complexity index is 916. The monoisotopic (exact) mass is 398 g/mol. The predicted octanol–water partition coefficient (Wildman–Crippen LogP) is 4.67. The summed E-state index contributed by atoms with van der Waals surface area (Å²) in [6.07, 6.45) is 6.11. The van der Waals surface area contributed by atoms with Crippen LogP contribution in [0.2, 0.25) is 0 Å². The first kappa shape index (κ1) is 19.3. The molecule has 2 aromatic heterocycles. The lowest BCUT2D eigenvalue weighted by atomic mass is 10.0. The van der Waals surface area contributed by atoms with E-state index in [9.17, 15) is 4.39 Å². The molecule has 0 aliphatic carbocycles. The third kappa shape index (κ3) is 4.18. The zero-order chi connectivity index (χ0) is 19.5. The minimum atomic E-state index is -0.161. The Kier molecular flexibility index (Phi) is 5.87. The number of nitrogens with zero attached hydrogens (tertiary/aromatic N) is 4. The van der Waals surface area contributed by atoms with Gasteiger partial charge >= 0.3 is 0 Å². The molecule has 3 aromatic rings. The smallest absolute Gasteiger partial charge is 0.150 e. The van der Waals surface area contributed by atoms with Crippen molar-refractivity contribution in [2.75, 3.05) is 31.6 Å². The highest BCUT2D eigenvalue weighted by Crippen LogP contribution is 2.32. The molecule has 4 nitrogen and oxygen atoms in total. The summed E-state index contributed by atoms with van der Waals surface area (Å²) >= 11 is 1.75. The Morgan fingerprint density at radius 3 is 2.68 bits per heavy atom. The molecular formula is C22H27FN4S. The van der Waals surface area contributed by atoms with Gasteiger partial charge < -0.3 is 9.80 Å². The van der Waals surface area contributed by atoms with E-state index in [1.165, 1.54) is 15.8 Å². The number of rotatable bonds is 6. The van der Waals surface area contributed by atoms with Crippen LogP contribution in [0.1, 0.15) is 30.4 Å². The summed E-state index contributed by atoms with van der Waals surface area (Å²) in [7, 11) is 2.23. The van der Waals surface area contributed by atoms with E-state index in [1.807, 2.05) is 12.1 Å². The SMILES string of the molecule is Cc1csc2c(N3CCC(N(C)CCCc4ccc(F)cc4)CC3)ncnc12. The van der Waals surface area contributed by atoms with Gasteiger partial charge in [-0.15, -0.1) is 11.3 Å². The molecule has 0 bridgehead atoms. The molecule has 1 fully saturated rings. The molecule has 1 aliphatic heterocycles. The maximum atomic E-state index is 13.0. The highest BCUT2D eigenvalue weighted by atomic mass is 32.1. The van der Waals surface area contributed by atoms with Gasteiger partial charge in [-0.3, -0.25) is 0 Å². The van der Waals surface area contributed by atoms with Crippen LogP contribution in [0.5, 0.6) is 0 Å². The van der Waals surface area contributed by atoms with Crippen molar-refractivity contribution in [3.63, 3.8) is 0 Å². The molecule has 0 spiro atoms. The van der Waals surface area contributed by atoms with Gasteiger partial charge in [0.2, 0.25) is 0 Å². The van der Waals surface area contributed by atoms with Gasteiger partial charge in [0.05, 0.1) is 10.2 Å². The van der Waals surface area contributed by atoms with Gasteiger partial charge in [-0.05, 0) is 74.8 Å². The molecule has 0 unspecified atom stereocenters. The van der Waals surface area contributed by atoms with E-state index in [0.717, 1.165) is 56.7 Å². The molecule has 0 saturated carbocycles. The molecule has 0 N–H and O–H groups in total. The van der Waals surface area contributed by atoms with Gasteiger partial charge in [0, 0.05) is 19.1 Å². The number of hydrogen-bond acceptors (Lipinski definition) is 5. The Morgan fingerprint density at radius 2 is 1.93 bits per heavy atom. The summed E-state index contributed by atoms with van der Waals surface area (Å²) in [6.45, 7) is 5.26. The number of thiophene rings is 1. The standard InChI is InChI=1S/C22H27FN4S/c1-16-14-28-21-20(16)24-15-25-22(21)27-12-9-19(10-13-27)26(2)11-3-4-17-5-7-18(23)8-6-17/h5-8,14-15,19H,3-4,9-13H2,1-2H3. The first-order chi connectivity index (χ1) is 13.6. The van der Waals surface area contributed by atoms with Crippen LogP contribution < -0.4 is 4.90 Å². The summed E-state index contributed by atoms with van der Waals surface area (Å²) in [5, 5.41) is 2.17. The van der Waals surface area contributed by atoms with Gasteiger partial charge in [0.25, 0.3) is 0 Å². The topological polar surface area (TPSA) is 32.3 Å². The second-order valence-electron chi connectivity index (χ2n) is 7.72. The van der Waals surface area contributed by atoms with E-state index in [0.29, 0.717) is 6.04 Å². The van der Waals surface area contributed by atoms with Crippen molar-refractivity contribution in [1.29, 1.82) is 0 Å². The molecular weight excluding hydrogens is 371 g/mol. The number of aryl methyl sites for hydroxylation is 2. The van der Waals surface area contributed by atoms with E-state index >= 15 is 0 Å². The molecule has 0 radical (unpaired) electrons. The summed E-state index contributed by atoms with van der Waals surface area (Å²) in [5.41, 5.74) is 3.54. The van der Waals surface area contributed by atoms with Gasteiger partial charge in [0.15, 0.2) is 0 Å². The number of aromatic nitrogens is 2. The van der Waals surface area contributed by atoms with Crippen molar-refractivity contribution in [2.24, 2.45) is 0 Å². The quantitative estimate of drug-likeness (QED) is 0.604. The Hall–Kier alpha value is -2.05. The number of benzene rings is 1. The molecule has 0 amide bonds. The van der Waals surface area contributed by atoms with Crippen LogP contribution in [0.15, 0.2) is 36.0 Å². The van der Waals surface area contributed by atoms with E-state index in [1.54, 1.807) is 29.8 Å². The van der Waals surface area contributed by atoms with Crippen LogP contribution in [0.3, 0.4) is 0 Å². The molecule has 1 aliphatic rings. The second kappa shape index (κ2) is 8.53. The van der Waals surface area contributed by atoms with Crippen LogP contribution in [-0.4, -0.2) is 47.6 Å². The van der Waals surface area contributed by atoms with Crippen molar-refractivity contribution in [3.05, 3.63) is 52.9 Å². The van der Waals surface area contributed by atoms with Crippen LogP contribution in [-0.2, 0) is 6.42 Å². The Balaban J connectivity index is 1.29. The van der Waals surface area contributed by atoms with Gasteiger partial charge in [0.1, 0.15) is 18.0 Å². The van der Waals surface area contributed by atoms with Gasteiger partial charge in [-0.25, -0.2) is 14.4 Å². The van der Waals surface area contributed by atoms with E-state index in [4.69, 9.17) is 0 Å². The van der Waals surface area contributed by atoms with Crippen LogP contribution in [0.25, 0.3) is 10.2 Å². The molecule has 6 heteroatoms. The maximum Gasteiger partial charge on any atom is 0.150 e. The lowest BCUT2D eigenvalue weighted by Crippen LogP contribution is -2.44. The van der Waals surface area contributed by atoms with Crippen molar-refractivity contribution >= 4 is 27.4 Å². The minimum Gasteiger partial charge on any atom is -0.355 e. The lowest BCUT2D eigenvalue weighted by molar-refractivity contribution is 0.206. The number of piperidine rings is 1. The largest absolute Gasteiger partial charge is 0.355 e. The normalized spacial score (nSPS) is 15.6. The maximum absolute atomic E-state index is 13.0. The third-order valence-electron chi connectivity index (χ3n) is 5.79. The van der Waals surface area contributed by atoms with Crippen molar-refractivity contribution < 1.29 is 4.39 Å². The number of fused-ring (bicyclic) bond motifs is 1. The van der Waals surface area contributed by atoms with Gasteiger partial charge in [-0.1, -0.05) is 12.1 Å². The predicted molar refractivity (Wildman–Crippen MR) is 115 cm³/mol. The van der Waals surface area contributed by atoms with Gasteiger partial charge in [-0.2, -0.15) is 0 Å². The first-order valence-corrected chi connectivity index (χ1v) is 10.9. The van der Waals surface area contributed by atoms with E-state index in [2.05, 4.69) is 39.1 Å². The number of anilines is 1. The highest BCUT2D eigenvalue weighted by Gasteiger charge is 2.24. The Labute approximate surface area is 170 Å². The minimum absolute atomic E-state index is 0.161. The second-order valence-corrected chi connectivity index (χ2v) is 8.60. The molecule has 1 saturated heterocycles. The lowest BCUT2D eigenvalue weighted by Gasteiger charge is -2.37. The average molecular weight is 399 g/mol. The third-order valence-corrected chi connectivity index (χ3v) is 6.87. The van der Waals surface area contributed by atoms with Crippen LogP contribution in [0, 0.1) is 12.7 Å². The summed E-state index contributed by atoms with van der Waals surface area (Å²) in [4.78, 5) is 13.9. The fourth-order valence-corrected chi connectivity index (χ4v) is 5.09. The summed E-state index contributed by atoms with van der Waals surface area (Å²) in [5.74, 6) is 0.937. The summed E-state index contributed by atoms with van der Waals surface area (Å²) < 4.78 is 14.2. The van der Waals surface area contributed by atoms with E-state index < -0.39 is 0 Å². The highest BCUT2D eigenvalue weighted by molar-refractivity contribution is 7.18. The van der Waals surface area contributed by atoms with Crippen LogP contribution in [0.4, 0.5) is 10.2 Å². The van der Waals surface area contributed by atoms with E-state index in [-0.39, 0.29) is 5.82 Å². The first-order valence-electron chi connectivity index (χ1n) is 10.0. The molecule has 28 heavy (non-hydrogen) atoms. The summed E-state index contributed by atoms with van der Waals surface area (Å²) in [6, 6.07) is 7.50. The van der Waals surface area contributed by atoms with Crippen LogP contribution >= 0.6 is 11.3 Å². The van der Waals surface area contributed by atoms with Crippen molar-refractivity contribution in [2.45, 2.75) is 38.6 Å². The molecule has 148 valence electrons. The zero-order valence-electron chi connectivity index (χ0n) is 16.6. The van der Waals surface area contributed by atoms with Crippen molar-refractivity contribution in [1.82, 2.24) is 14.9 Å². The van der Waals surface area contributed by atoms with Crippen molar-refractivity contribution in [3.8, 4) is 0 Å². The number of hydrogen-bond donors (Lipinski definition) is 0. The molecule has 4 rings (SSSR count). The fourth-order valence-electron chi connectivity index (χ4n) is 4.07. The molecule has 1 aromatic carbocycles. The fraction of sp³-hybridized carbons (Fsp3) is 0.455.